The van der Waals surface area contributed by atoms with Crippen molar-refractivity contribution in [2.45, 2.75) is 31.6 Å². The second-order valence-electron chi connectivity index (χ2n) is 7.92. The molecule has 1 amide bonds. The van der Waals surface area contributed by atoms with Gasteiger partial charge in [0.2, 0.25) is 5.91 Å². The van der Waals surface area contributed by atoms with Crippen LogP contribution in [0.15, 0.2) is 61.3 Å². The molecular weight excluding hydrogens is 433 g/mol. The van der Waals surface area contributed by atoms with E-state index in [-0.39, 0.29) is 5.91 Å². The number of rotatable bonds is 6. The first kappa shape index (κ1) is 20.9. The number of amides is 1. The van der Waals surface area contributed by atoms with Gasteiger partial charge in [-0.05, 0) is 48.7 Å². The number of pyridine rings is 1. The number of carbonyl (C=O) groups is 1. The molecule has 0 atom stereocenters. The van der Waals surface area contributed by atoms with Crippen LogP contribution in [0, 0.1) is 0 Å². The number of anilines is 1. The number of fused-ring (bicyclic) bond motifs is 1. The van der Waals surface area contributed by atoms with E-state index >= 15 is 0 Å². The lowest BCUT2D eigenvalue weighted by Crippen LogP contribution is -2.18. The summed E-state index contributed by atoms with van der Waals surface area (Å²) in [6.07, 6.45) is 9.49. The Labute approximate surface area is 186 Å². The van der Waals surface area contributed by atoms with E-state index < -0.39 is 12.7 Å². The van der Waals surface area contributed by atoms with Crippen LogP contribution in [-0.2, 0) is 11.3 Å². The Balaban J connectivity index is 1.30. The van der Waals surface area contributed by atoms with Crippen LogP contribution in [0.4, 0.5) is 18.9 Å². The second kappa shape index (κ2) is 8.19. The maximum Gasteiger partial charge on any atom is 0.408 e. The lowest BCUT2D eigenvalue weighted by Gasteiger charge is -2.08. The Hall–Kier alpha value is -3.95. The fourth-order valence-corrected chi connectivity index (χ4v) is 3.63. The molecule has 1 fully saturated rings. The number of carbonyl (C=O) groups excluding carboxylic acids is 1. The summed E-state index contributed by atoms with van der Waals surface area (Å²) in [5.74, 6) is -0.375. The van der Waals surface area contributed by atoms with Crippen LogP contribution in [0.5, 0.6) is 0 Å². The zero-order chi connectivity index (χ0) is 23.0. The summed E-state index contributed by atoms with van der Waals surface area (Å²) in [5.41, 5.74) is 3.44. The van der Waals surface area contributed by atoms with E-state index in [4.69, 9.17) is 0 Å². The SMILES string of the molecule is O=C(C=Cc1cnccc1-c1cnn(C2CC2)c1)Nc1ccc2c(cnn2CC(F)(F)F)c1. The third kappa shape index (κ3) is 4.79. The summed E-state index contributed by atoms with van der Waals surface area (Å²) in [7, 11) is 0. The van der Waals surface area contributed by atoms with Crippen molar-refractivity contribution in [3.63, 3.8) is 0 Å². The van der Waals surface area contributed by atoms with E-state index in [0.29, 0.717) is 22.6 Å². The van der Waals surface area contributed by atoms with Gasteiger partial charge in [-0.2, -0.15) is 23.4 Å². The highest BCUT2D eigenvalue weighted by molar-refractivity contribution is 6.03. The first-order valence-corrected chi connectivity index (χ1v) is 10.4. The molecule has 5 rings (SSSR count). The molecule has 0 spiro atoms. The number of halogens is 3. The van der Waals surface area contributed by atoms with Crippen LogP contribution < -0.4 is 5.32 Å². The van der Waals surface area contributed by atoms with Gasteiger partial charge < -0.3 is 5.32 Å². The third-order valence-electron chi connectivity index (χ3n) is 5.34. The predicted molar refractivity (Wildman–Crippen MR) is 117 cm³/mol. The van der Waals surface area contributed by atoms with Crippen molar-refractivity contribution in [3.05, 3.63) is 66.9 Å². The fraction of sp³-hybridized carbons (Fsp3) is 0.217. The van der Waals surface area contributed by atoms with E-state index in [1.54, 1.807) is 36.8 Å². The Morgan fingerprint density at radius 1 is 1.15 bits per heavy atom. The molecule has 1 saturated carbocycles. The molecule has 7 nitrogen and oxygen atoms in total. The number of nitrogens with one attached hydrogen (secondary N) is 1. The number of benzene rings is 1. The summed E-state index contributed by atoms with van der Waals surface area (Å²) in [4.78, 5) is 16.6. The van der Waals surface area contributed by atoms with Gasteiger partial charge >= 0.3 is 6.18 Å². The van der Waals surface area contributed by atoms with Crippen molar-refractivity contribution >= 4 is 28.6 Å². The lowest BCUT2D eigenvalue weighted by molar-refractivity contribution is -0.141. The minimum Gasteiger partial charge on any atom is -0.322 e. The van der Waals surface area contributed by atoms with Crippen LogP contribution in [0.2, 0.25) is 0 Å². The smallest absolute Gasteiger partial charge is 0.322 e. The normalized spacial score (nSPS) is 14.3. The van der Waals surface area contributed by atoms with E-state index in [0.717, 1.165) is 34.2 Å². The fourth-order valence-electron chi connectivity index (χ4n) is 3.63. The minimum atomic E-state index is -4.36. The van der Waals surface area contributed by atoms with Gasteiger partial charge in [-0.3, -0.25) is 19.1 Å². The molecule has 0 aliphatic heterocycles. The molecule has 10 heteroatoms. The van der Waals surface area contributed by atoms with Crippen LogP contribution in [0.1, 0.15) is 24.4 Å². The van der Waals surface area contributed by atoms with E-state index in [1.165, 1.54) is 18.3 Å². The van der Waals surface area contributed by atoms with E-state index in [1.807, 2.05) is 16.9 Å². The van der Waals surface area contributed by atoms with Crippen molar-refractivity contribution in [2.75, 3.05) is 5.32 Å². The molecule has 1 N–H and O–H groups in total. The van der Waals surface area contributed by atoms with Crippen molar-refractivity contribution in [3.8, 4) is 11.1 Å². The molecule has 4 aromatic rings. The maximum atomic E-state index is 12.7. The van der Waals surface area contributed by atoms with Gasteiger partial charge in [0.25, 0.3) is 0 Å². The standard InChI is InChI=1S/C23H19F3N6O/c24-23(25,26)14-32-21-5-2-18(9-16(21)11-29-32)30-22(33)6-1-15-10-27-8-7-20(15)17-12-28-31(13-17)19-3-4-19/h1-2,5-13,19H,3-4,14H2,(H,30,33). The molecule has 0 bridgehead atoms. The molecule has 3 aromatic heterocycles. The average molecular weight is 452 g/mol. The van der Waals surface area contributed by atoms with Crippen LogP contribution in [0.25, 0.3) is 28.1 Å². The van der Waals surface area contributed by atoms with E-state index in [9.17, 15) is 18.0 Å². The van der Waals surface area contributed by atoms with Crippen LogP contribution in [-0.4, -0.2) is 36.6 Å². The average Bonchev–Trinajstić information content (AvgIpc) is 3.39. The first-order valence-electron chi connectivity index (χ1n) is 10.4. The molecule has 3 heterocycles. The van der Waals surface area contributed by atoms with Crippen molar-refractivity contribution < 1.29 is 18.0 Å². The summed E-state index contributed by atoms with van der Waals surface area (Å²) < 4.78 is 40.8. The van der Waals surface area contributed by atoms with Crippen LogP contribution in [0.3, 0.4) is 0 Å². The van der Waals surface area contributed by atoms with Gasteiger partial charge in [0.05, 0.1) is 24.0 Å². The number of nitrogens with zero attached hydrogens (tertiary/aromatic N) is 5. The monoisotopic (exact) mass is 452 g/mol. The Morgan fingerprint density at radius 2 is 2.00 bits per heavy atom. The largest absolute Gasteiger partial charge is 0.408 e. The second-order valence-corrected chi connectivity index (χ2v) is 7.92. The topological polar surface area (TPSA) is 77.6 Å². The van der Waals surface area contributed by atoms with Gasteiger partial charge in [-0.1, -0.05) is 0 Å². The van der Waals surface area contributed by atoms with Gasteiger partial charge in [0, 0.05) is 46.9 Å². The zero-order valence-corrected chi connectivity index (χ0v) is 17.3. The van der Waals surface area contributed by atoms with Gasteiger partial charge in [-0.25, -0.2) is 0 Å². The summed E-state index contributed by atoms with van der Waals surface area (Å²) in [6, 6.07) is 6.98. The van der Waals surface area contributed by atoms with Gasteiger partial charge in [-0.15, -0.1) is 0 Å². The lowest BCUT2D eigenvalue weighted by atomic mass is 10.0. The van der Waals surface area contributed by atoms with Crippen molar-refractivity contribution in [1.29, 1.82) is 0 Å². The van der Waals surface area contributed by atoms with Gasteiger partial charge in [0.15, 0.2) is 0 Å². The molecule has 1 aliphatic rings. The van der Waals surface area contributed by atoms with Crippen molar-refractivity contribution in [1.82, 2.24) is 24.5 Å². The molecule has 1 aromatic carbocycles. The number of hydrogen-bond donors (Lipinski definition) is 1. The Kier molecular flexibility index (Phi) is 5.20. The number of alkyl halides is 3. The minimum absolute atomic E-state index is 0.340. The maximum absolute atomic E-state index is 12.7. The zero-order valence-electron chi connectivity index (χ0n) is 17.3. The first-order chi connectivity index (χ1) is 15.9. The van der Waals surface area contributed by atoms with Gasteiger partial charge in [0.1, 0.15) is 6.54 Å². The number of aromatic nitrogens is 5. The molecule has 33 heavy (non-hydrogen) atoms. The number of hydrogen-bond acceptors (Lipinski definition) is 4. The molecule has 168 valence electrons. The summed E-state index contributed by atoms with van der Waals surface area (Å²) in [6.45, 7) is -1.17. The molecular formula is C23H19F3N6O. The quantitative estimate of drug-likeness (QED) is 0.425. The highest BCUT2D eigenvalue weighted by Crippen LogP contribution is 2.35. The summed E-state index contributed by atoms with van der Waals surface area (Å²) in [5, 5.41) is 11.4. The predicted octanol–water partition coefficient (Wildman–Crippen LogP) is 4.84. The Morgan fingerprint density at radius 3 is 2.79 bits per heavy atom. The van der Waals surface area contributed by atoms with Crippen LogP contribution >= 0.6 is 0 Å². The third-order valence-corrected chi connectivity index (χ3v) is 5.34. The molecule has 0 saturated heterocycles. The summed E-state index contributed by atoms with van der Waals surface area (Å²) >= 11 is 0. The molecule has 1 aliphatic carbocycles. The van der Waals surface area contributed by atoms with E-state index in [2.05, 4.69) is 20.5 Å². The molecule has 0 unspecified atom stereocenters. The molecule has 0 radical (unpaired) electrons. The highest BCUT2D eigenvalue weighted by atomic mass is 19.4. The Bertz CT molecular complexity index is 1350. The van der Waals surface area contributed by atoms with Crippen molar-refractivity contribution in [2.24, 2.45) is 0 Å². The highest BCUT2D eigenvalue weighted by Gasteiger charge is 2.29.